The summed E-state index contributed by atoms with van der Waals surface area (Å²) in [6.45, 7) is 0.353. The van der Waals surface area contributed by atoms with E-state index in [1.54, 1.807) is 17.5 Å². The minimum Gasteiger partial charge on any atom is -0.349 e. The van der Waals surface area contributed by atoms with Crippen LogP contribution in [0.5, 0.6) is 0 Å². The second kappa shape index (κ2) is 5.92. The lowest BCUT2D eigenvalue weighted by Gasteiger charge is -2.01. The molecule has 0 saturated heterocycles. The summed E-state index contributed by atoms with van der Waals surface area (Å²) in [6, 6.07) is 7.67. The topological polar surface area (TPSA) is 83.6 Å². The molecular formula is C16H15N5OS. The zero-order chi connectivity index (χ0) is 15.6. The molecule has 1 amide bonds. The summed E-state index contributed by atoms with van der Waals surface area (Å²) in [5.74, 6) is 1.71. The lowest BCUT2D eigenvalue weighted by atomic mass is 10.2. The molecule has 0 radical (unpaired) electrons. The van der Waals surface area contributed by atoms with Crippen molar-refractivity contribution in [2.45, 2.75) is 18.9 Å². The predicted molar refractivity (Wildman–Crippen MR) is 86.6 cm³/mol. The van der Waals surface area contributed by atoms with Gasteiger partial charge >= 0.3 is 0 Å². The lowest BCUT2D eigenvalue weighted by molar-refractivity contribution is -0.122. The number of hydrogen-bond acceptors (Lipinski definition) is 5. The first-order chi connectivity index (χ1) is 11.3. The predicted octanol–water partition coefficient (Wildman–Crippen LogP) is 2.35. The quantitative estimate of drug-likeness (QED) is 0.754. The first-order valence-corrected chi connectivity index (χ1v) is 8.38. The molecule has 1 saturated carbocycles. The number of thiophene rings is 1. The highest BCUT2D eigenvalue weighted by Gasteiger charge is 2.43. The fourth-order valence-electron chi connectivity index (χ4n) is 2.63. The van der Waals surface area contributed by atoms with Crippen molar-refractivity contribution in [1.82, 2.24) is 25.5 Å². The van der Waals surface area contributed by atoms with E-state index in [0.29, 0.717) is 29.8 Å². The van der Waals surface area contributed by atoms with E-state index in [9.17, 15) is 4.79 Å². The molecule has 23 heavy (non-hydrogen) atoms. The second-order valence-electron chi connectivity index (χ2n) is 5.54. The van der Waals surface area contributed by atoms with Gasteiger partial charge in [-0.05, 0) is 46.9 Å². The molecule has 1 fully saturated rings. The fourth-order valence-corrected chi connectivity index (χ4v) is 3.35. The zero-order valence-electron chi connectivity index (χ0n) is 12.3. The molecule has 6 nitrogen and oxygen atoms in total. The molecule has 0 spiro atoms. The standard InChI is InChI=1S/C16H15N5OS/c22-16(12-7-11(12)10-4-6-23-9-10)18-8-14-19-15(21-20-14)13-3-1-2-5-17-13/h1-6,9,11-12H,7-8H2,(H,18,22)(H,19,20,21)/t11-,12+/m0/s1. The number of nitrogens with one attached hydrogen (secondary N) is 2. The maximum atomic E-state index is 12.2. The van der Waals surface area contributed by atoms with Gasteiger partial charge in [0, 0.05) is 12.1 Å². The Labute approximate surface area is 137 Å². The van der Waals surface area contributed by atoms with Gasteiger partial charge in [0.1, 0.15) is 11.5 Å². The van der Waals surface area contributed by atoms with Crippen LogP contribution in [0, 0.1) is 5.92 Å². The van der Waals surface area contributed by atoms with Crippen molar-refractivity contribution in [2.75, 3.05) is 0 Å². The third-order valence-corrected chi connectivity index (χ3v) is 4.66. The Morgan fingerprint density at radius 2 is 2.35 bits per heavy atom. The number of rotatable bonds is 5. The van der Waals surface area contributed by atoms with Gasteiger partial charge < -0.3 is 5.32 Å². The van der Waals surface area contributed by atoms with E-state index in [-0.39, 0.29) is 11.8 Å². The largest absolute Gasteiger partial charge is 0.349 e. The minimum absolute atomic E-state index is 0.0805. The number of aromatic nitrogens is 4. The van der Waals surface area contributed by atoms with Crippen molar-refractivity contribution in [3.05, 3.63) is 52.6 Å². The Morgan fingerprint density at radius 3 is 3.13 bits per heavy atom. The summed E-state index contributed by atoms with van der Waals surface area (Å²) in [4.78, 5) is 20.7. The highest BCUT2D eigenvalue weighted by Crippen LogP contribution is 2.48. The Bertz CT molecular complexity index is 799. The zero-order valence-corrected chi connectivity index (χ0v) is 13.1. The number of aromatic amines is 1. The number of pyridine rings is 1. The van der Waals surface area contributed by atoms with Crippen LogP contribution in [0.25, 0.3) is 11.5 Å². The third-order valence-electron chi connectivity index (χ3n) is 3.95. The van der Waals surface area contributed by atoms with E-state index in [0.717, 1.165) is 6.42 Å². The number of carbonyl (C=O) groups is 1. The SMILES string of the molecule is O=C(NCc1nc(-c2ccccn2)n[nH]1)[C@@H]1C[C@H]1c1ccsc1. The molecule has 0 bridgehead atoms. The molecule has 4 rings (SSSR count). The normalized spacial score (nSPS) is 19.5. The van der Waals surface area contributed by atoms with Gasteiger partial charge in [-0.25, -0.2) is 4.98 Å². The van der Waals surface area contributed by atoms with Gasteiger partial charge in [0.15, 0.2) is 5.82 Å². The van der Waals surface area contributed by atoms with Crippen LogP contribution < -0.4 is 5.32 Å². The van der Waals surface area contributed by atoms with E-state index >= 15 is 0 Å². The van der Waals surface area contributed by atoms with E-state index in [1.807, 2.05) is 18.2 Å². The second-order valence-corrected chi connectivity index (χ2v) is 6.32. The van der Waals surface area contributed by atoms with Gasteiger partial charge in [0.25, 0.3) is 0 Å². The molecule has 3 aromatic rings. The van der Waals surface area contributed by atoms with E-state index in [1.165, 1.54) is 5.56 Å². The van der Waals surface area contributed by atoms with E-state index < -0.39 is 0 Å². The Balaban J connectivity index is 1.33. The molecule has 7 heteroatoms. The van der Waals surface area contributed by atoms with Gasteiger partial charge in [-0.1, -0.05) is 6.07 Å². The number of carbonyl (C=O) groups excluding carboxylic acids is 1. The van der Waals surface area contributed by atoms with Crippen molar-refractivity contribution >= 4 is 17.2 Å². The number of H-pyrrole nitrogens is 1. The van der Waals surface area contributed by atoms with E-state index in [2.05, 4.69) is 42.3 Å². The summed E-state index contributed by atoms with van der Waals surface area (Å²) in [5, 5.41) is 14.1. The summed E-state index contributed by atoms with van der Waals surface area (Å²) in [6.07, 6.45) is 2.63. The summed E-state index contributed by atoms with van der Waals surface area (Å²) < 4.78 is 0. The molecule has 0 aliphatic heterocycles. The average molecular weight is 325 g/mol. The minimum atomic E-state index is 0.0805. The Kier molecular flexibility index (Phi) is 3.63. The molecule has 116 valence electrons. The molecule has 1 aliphatic rings. The molecular weight excluding hydrogens is 310 g/mol. The van der Waals surface area contributed by atoms with Crippen molar-refractivity contribution in [3.8, 4) is 11.5 Å². The lowest BCUT2D eigenvalue weighted by Crippen LogP contribution is -2.25. The Morgan fingerprint density at radius 1 is 1.39 bits per heavy atom. The monoisotopic (exact) mass is 325 g/mol. The Hall–Kier alpha value is -2.54. The molecule has 3 heterocycles. The number of nitrogens with zero attached hydrogens (tertiary/aromatic N) is 3. The van der Waals surface area contributed by atoms with Crippen LogP contribution in [0.4, 0.5) is 0 Å². The molecule has 0 unspecified atom stereocenters. The van der Waals surface area contributed by atoms with Gasteiger partial charge in [0.2, 0.25) is 5.91 Å². The summed E-state index contributed by atoms with van der Waals surface area (Å²) >= 11 is 1.67. The van der Waals surface area contributed by atoms with E-state index in [4.69, 9.17) is 0 Å². The number of amides is 1. The van der Waals surface area contributed by atoms with Crippen LogP contribution in [-0.2, 0) is 11.3 Å². The maximum absolute atomic E-state index is 12.2. The van der Waals surface area contributed by atoms with Crippen LogP contribution in [-0.4, -0.2) is 26.1 Å². The fraction of sp³-hybridized carbons (Fsp3) is 0.250. The first-order valence-electron chi connectivity index (χ1n) is 7.44. The molecule has 1 aliphatic carbocycles. The molecule has 2 N–H and O–H groups in total. The van der Waals surface area contributed by atoms with Crippen molar-refractivity contribution < 1.29 is 4.79 Å². The number of hydrogen-bond donors (Lipinski definition) is 2. The third kappa shape index (κ3) is 3.00. The van der Waals surface area contributed by atoms with Crippen molar-refractivity contribution in [3.63, 3.8) is 0 Å². The van der Waals surface area contributed by atoms with Crippen LogP contribution >= 0.6 is 11.3 Å². The van der Waals surface area contributed by atoms with Crippen molar-refractivity contribution in [1.29, 1.82) is 0 Å². The van der Waals surface area contributed by atoms with Crippen molar-refractivity contribution in [2.24, 2.45) is 5.92 Å². The summed E-state index contributed by atoms with van der Waals surface area (Å²) in [7, 11) is 0. The smallest absolute Gasteiger partial charge is 0.224 e. The van der Waals surface area contributed by atoms with Gasteiger partial charge in [-0.3, -0.25) is 14.9 Å². The van der Waals surface area contributed by atoms with Gasteiger partial charge in [-0.15, -0.1) is 0 Å². The van der Waals surface area contributed by atoms with Gasteiger partial charge in [0.05, 0.1) is 6.54 Å². The van der Waals surface area contributed by atoms with Crippen LogP contribution in [0.2, 0.25) is 0 Å². The maximum Gasteiger partial charge on any atom is 0.224 e. The first kappa shape index (κ1) is 14.1. The molecule has 0 aromatic carbocycles. The highest BCUT2D eigenvalue weighted by molar-refractivity contribution is 7.08. The van der Waals surface area contributed by atoms with Crippen LogP contribution in [0.3, 0.4) is 0 Å². The van der Waals surface area contributed by atoms with Crippen LogP contribution in [0.15, 0.2) is 41.2 Å². The average Bonchev–Trinajstić information content (AvgIpc) is 3.02. The highest BCUT2D eigenvalue weighted by atomic mass is 32.1. The van der Waals surface area contributed by atoms with Crippen LogP contribution in [0.1, 0.15) is 23.7 Å². The molecule has 3 aromatic heterocycles. The van der Waals surface area contributed by atoms with Gasteiger partial charge in [-0.2, -0.15) is 16.4 Å². The summed E-state index contributed by atoms with van der Waals surface area (Å²) in [5.41, 5.74) is 1.98. The molecule has 2 atom stereocenters.